The van der Waals surface area contributed by atoms with Crippen molar-refractivity contribution >= 4 is 28.4 Å². The predicted octanol–water partition coefficient (Wildman–Crippen LogP) is 4.53. The zero-order valence-electron chi connectivity index (χ0n) is 15.7. The molecule has 0 aliphatic carbocycles. The van der Waals surface area contributed by atoms with Gasteiger partial charge in [0, 0.05) is 29.8 Å². The third-order valence-electron chi connectivity index (χ3n) is 4.53. The van der Waals surface area contributed by atoms with Crippen molar-refractivity contribution < 1.29 is 9.53 Å². The molecule has 0 amide bonds. The highest BCUT2D eigenvalue weighted by molar-refractivity contribution is 6.14. The van der Waals surface area contributed by atoms with Gasteiger partial charge in [-0.3, -0.25) is 0 Å². The van der Waals surface area contributed by atoms with Gasteiger partial charge in [-0.1, -0.05) is 60.7 Å². The Labute approximate surface area is 162 Å². The normalized spacial score (nSPS) is 10.6. The van der Waals surface area contributed by atoms with E-state index in [0.29, 0.717) is 11.3 Å². The van der Waals surface area contributed by atoms with Crippen LogP contribution in [-0.2, 0) is 11.8 Å². The molecule has 0 fully saturated rings. The average molecular weight is 369 g/mol. The highest BCUT2D eigenvalue weighted by atomic mass is 16.5. The van der Waals surface area contributed by atoms with E-state index >= 15 is 0 Å². The molecule has 0 atom stereocenters. The summed E-state index contributed by atoms with van der Waals surface area (Å²) < 4.78 is 6.82. The molecule has 0 saturated heterocycles. The topological polar surface area (TPSA) is 56.5 Å². The van der Waals surface area contributed by atoms with Crippen molar-refractivity contribution in [2.45, 2.75) is 0 Å². The van der Waals surface area contributed by atoms with Gasteiger partial charge in [0.05, 0.1) is 18.5 Å². The Kier molecular flexibility index (Phi) is 4.72. The number of carbonyl (C=O) groups excluding carboxylic acids is 1. The summed E-state index contributed by atoms with van der Waals surface area (Å²) in [5, 5.41) is 0.911. The minimum atomic E-state index is -0.512. The van der Waals surface area contributed by atoms with Gasteiger partial charge in [-0.25, -0.2) is 14.8 Å². The summed E-state index contributed by atoms with van der Waals surface area (Å²) in [5.74, 6) is -0.512. The number of carbonyl (C=O) groups is 1. The van der Waals surface area contributed by atoms with Crippen LogP contribution >= 0.6 is 0 Å². The van der Waals surface area contributed by atoms with Crippen molar-refractivity contribution in [3.63, 3.8) is 0 Å². The van der Waals surface area contributed by atoms with Crippen LogP contribution in [0.1, 0.15) is 21.6 Å². The van der Waals surface area contributed by atoms with E-state index in [0.717, 1.165) is 22.2 Å². The number of methoxy groups -OCH3 is 1. The highest BCUT2D eigenvalue weighted by Gasteiger charge is 2.18. The first-order valence-corrected chi connectivity index (χ1v) is 8.91. The maximum atomic E-state index is 12.4. The van der Waals surface area contributed by atoms with E-state index in [2.05, 4.69) is 4.98 Å². The molecule has 28 heavy (non-hydrogen) atoms. The van der Waals surface area contributed by atoms with Crippen LogP contribution in [0.5, 0.6) is 0 Å². The lowest BCUT2D eigenvalue weighted by atomic mass is 10.0. The number of rotatable bonds is 4. The number of benzene rings is 2. The van der Waals surface area contributed by atoms with Crippen LogP contribution in [0, 0.1) is 0 Å². The molecule has 2 aromatic heterocycles. The number of ether oxygens (including phenoxy) is 1. The summed E-state index contributed by atoms with van der Waals surface area (Å²) >= 11 is 0. The number of aromatic nitrogens is 2. The Bertz CT molecular complexity index is 1120. The zero-order chi connectivity index (χ0) is 19.5. The molecule has 0 aliphatic rings. The molecule has 138 valence electrons. The summed E-state index contributed by atoms with van der Waals surface area (Å²) in [6, 6.07) is 23.6. The van der Waals surface area contributed by atoms with Crippen LogP contribution < -0.4 is 0 Å². The van der Waals surface area contributed by atoms with Crippen LogP contribution in [0.3, 0.4) is 0 Å². The monoisotopic (exact) mass is 369 g/mol. The van der Waals surface area contributed by atoms with Crippen LogP contribution in [-0.4, -0.2) is 28.3 Å². The van der Waals surface area contributed by atoms with Crippen molar-refractivity contribution in [3.8, 4) is 0 Å². The third-order valence-corrected chi connectivity index (χ3v) is 4.53. The first kappa shape index (κ1) is 17.7. The Hall–Kier alpha value is -3.73. The molecular weight excluding hydrogens is 350 g/mol. The predicted molar refractivity (Wildman–Crippen MR) is 110 cm³/mol. The first-order chi connectivity index (χ1) is 13.7. The minimum Gasteiger partial charge on any atom is -0.464 e. The van der Waals surface area contributed by atoms with E-state index in [9.17, 15) is 4.79 Å². The van der Waals surface area contributed by atoms with Gasteiger partial charge in [-0.2, -0.15) is 0 Å². The zero-order valence-corrected chi connectivity index (χ0v) is 15.7. The van der Waals surface area contributed by atoms with Crippen molar-refractivity contribution in [3.05, 3.63) is 95.8 Å². The molecule has 0 N–H and O–H groups in total. The molecule has 4 aromatic rings. The molecule has 2 heterocycles. The fourth-order valence-electron chi connectivity index (χ4n) is 3.12. The summed E-state index contributed by atoms with van der Waals surface area (Å²) in [6.45, 7) is 0. The van der Waals surface area contributed by atoms with Crippen LogP contribution in [0.25, 0.3) is 11.0 Å². The van der Waals surface area contributed by atoms with Gasteiger partial charge in [-0.15, -0.1) is 0 Å². The Morgan fingerprint density at radius 3 is 2.14 bits per heavy atom. The van der Waals surface area contributed by atoms with Crippen molar-refractivity contribution in [1.82, 2.24) is 9.55 Å². The maximum absolute atomic E-state index is 12.4. The molecule has 4 rings (SSSR count). The lowest BCUT2D eigenvalue weighted by molar-refractivity contribution is 0.0595. The third kappa shape index (κ3) is 3.30. The van der Waals surface area contributed by atoms with Gasteiger partial charge in [0.1, 0.15) is 5.65 Å². The molecule has 5 nitrogen and oxygen atoms in total. The van der Waals surface area contributed by atoms with E-state index in [-0.39, 0.29) is 5.69 Å². The molecule has 0 unspecified atom stereocenters. The minimum absolute atomic E-state index is 0.196. The quantitative estimate of drug-likeness (QED) is 0.392. The SMILES string of the molecule is COC(=O)c1nc2c(ccn2C)cc1N=C(c1ccccc1)c1ccccc1. The second-order valence-electron chi connectivity index (χ2n) is 6.38. The lowest BCUT2D eigenvalue weighted by Crippen LogP contribution is -2.08. The van der Waals surface area contributed by atoms with Gasteiger partial charge in [0.15, 0.2) is 5.69 Å². The number of aliphatic imine (C=N–C) groups is 1. The molecule has 0 aliphatic heterocycles. The second-order valence-corrected chi connectivity index (χ2v) is 6.38. The maximum Gasteiger partial charge on any atom is 0.359 e. The standard InChI is InChI=1S/C23H19N3O2/c1-26-14-13-18-15-19(21(23(27)28-2)25-22(18)26)24-20(16-9-5-3-6-10-16)17-11-7-4-8-12-17/h3-15H,1-2H3. The van der Waals surface area contributed by atoms with Crippen molar-refractivity contribution in [2.24, 2.45) is 12.0 Å². The van der Waals surface area contributed by atoms with Gasteiger partial charge in [0.2, 0.25) is 0 Å². The first-order valence-electron chi connectivity index (χ1n) is 8.91. The van der Waals surface area contributed by atoms with Crippen molar-refractivity contribution in [1.29, 1.82) is 0 Å². The summed E-state index contributed by atoms with van der Waals surface area (Å²) in [7, 11) is 3.24. The average Bonchev–Trinajstić information content (AvgIpc) is 3.11. The van der Waals surface area contributed by atoms with E-state index in [1.54, 1.807) is 0 Å². The van der Waals surface area contributed by atoms with E-state index in [1.807, 2.05) is 90.6 Å². The van der Waals surface area contributed by atoms with E-state index < -0.39 is 5.97 Å². The van der Waals surface area contributed by atoms with E-state index in [1.165, 1.54) is 7.11 Å². The van der Waals surface area contributed by atoms with Crippen LogP contribution in [0.4, 0.5) is 5.69 Å². The number of hydrogen-bond donors (Lipinski definition) is 0. The number of aryl methyl sites for hydroxylation is 1. The van der Waals surface area contributed by atoms with E-state index in [4.69, 9.17) is 9.73 Å². The second kappa shape index (κ2) is 7.48. The van der Waals surface area contributed by atoms with Crippen LogP contribution in [0.15, 0.2) is 84.0 Å². The number of pyridine rings is 1. The summed E-state index contributed by atoms with van der Waals surface area (Å²) in [4.78, 5) is 21.8. The van der Waals surface area contributed by atoms with Crippen molar-refractivity contribution in [2.75, 3.05) is 7.11 Å². The fourth-order valence-corrected chi connectivity index (χ4v) is 3.12. The van der Waals surface area contributed by atoms with Gasteiger partial charge < -0.3 is 9.30 Å². The molecule has 5 heteroatoms. The van der Waals surface area contributed by atoms with Crippen LogP contribution in [0.2, 0.25) is 0 Å². The molecule has 2 aromatic carbocycles. The number of hydrogen-bond acceptors (Lipinski definition) is 4. The largest absolute Gasteiger partial charge is 0.464 e. The number of fused-ring (bicyclic) bond motifs is 1. The lowest BCUT2D eigenvalue weighted by Gasteiger charge is -2.10. The molecular formula is C23H19N3O2. The van der Waals surface area contributed by atoms with Gasteiger partial charge >= 0.3 is 5.97 Å². The Balaban J connectivity index is 1.98. The van der Waals surface area contributed by atoms with Gasteiger partial charge in [0.25, 0.3) is 0 Å². The number of esters is 1. The Morgan fingerprint density at radius 1 is 0.964 bits per heavy atom. The molecule has 0 bridgehead atoms. The molecule has 0 spiro atoms. The highest BCUT2D eigenvalue weighted by Crippen LogP contribution is 2.27. The van der Waals surface area contributed by atoms with Gasteiger partial charge in [-0.05, 0) is 12.1 Å². The molecule has 0 radical (unpaired) electrons. The fraction of sp³-hybridized carbons (Fsp3) is 0.0870. The number of nitrogens with zero attached hydrogens (tertiary/aromatic N) is 3. The molecule has 0 saturated carbocycles. The smallest absolute Gasteiger partial charge is 0.359 e. The summed E-state index contributed by atoms with van der Waals surface area (Å²) in [5.41, 5.74) is 4.06. The summed E-state index contributed by atoms with van der Waals surface area (Å²) in [6.07, 6.45) is 1.90. The Morgan fingerprint density at radius 2 is 1.57 bits per heavy atom.